The van der Waals surface area contributed by atoms with E-state index in [1.165, 1.54) is 24.8 Å². The molecule has 0 saturated heterocycles. The van der Waals surface area contributed by atoms with Crippen molar-refractivity contribution in [2.24, 2.45) is 11.8 Å². The Bertz CT molecular complexity index is 296. The molecule has 0 aliphatic heterocycles. The van der Waals surface area contributed by atoms with Crippen LogP contribution in [0.5, 0.6) is 0 Å². The summed E-state index contributed by atoms with van der Waals surface area (Å²) in [5.41, 5.74) is 1.46. The minimum absolute atomic E-state index is 0.553. The van der Waals surface area contributed by atoms with E-state index in [0.29, 0.717) is 6.04 Å². The van der Waals surface area contributed by atoms with Crippen LogP contribution in [0.25, 0.3) is 0 Å². The van der Waals surface area contributed by atoms with Crippen molar-refractivity contribution in [1.29, 1.82) is 0 Å². The molecule has 0 amide bonds. The highest BCUT2D eigenvalue weighted by Gasteiger charge is 2.52. The number of fused-ring (bicyclic) bond motifs is 1. The summed E-state index contributed by atoms with van der Waals surface area (Å²) in [5.74, 6) is 2.05. The zero-order chi connectivity index (χ0) is 9.54. The van der Waals surface area contributed by atoms with E-state index < -0.39 is 0 Å². The van der Waals surface area contributed by atoms with E-state index in [1.54, 1.807) is 11.3 Å². The lowest BCUT2D eigenvalue weighted by Gasteiger charge is -2.13. The van der Waals surface area contributed by atoms with Crippen LogP contribution in [0.4, 0.5) is 0 Å². The van der Waals surface area contributed by atoms with Gasteiger partial charge in [0.2, 0.25) is 0 Å². The van der Waals surface area contributed by atoms with Crippen molar-refractivity contribution in [2.75, 3.05) is 0 Å². The van der Waals surface area contributed by atoms with E-state index in [4.69, 9.17) is 0 Å². The molecule has 2 heteroatoms. The van der Waals surface area contributed by atoms with Gasteiger partial charge in [-0.1, -0.05) is 6.42 Å². The zero-order valence-electron chi connectivity index (χ0n) is 8.57. The molecule has 1 N–H and O–H groups in total. The predicted molar refractivity (Wildman–Crippen MR) is 60.5 cm³/mol. The Morgan fingerprint density at radius 1 is 1.43 bits per heavy atom. The van der Waals surface area contributed by atoms with Crippen LogP contribution in [0.15, 0.2) is 16.8 Å². The largest absolute Gasteiger partial charge is 0.307 e. The summed E-state index contributed by atoms with van der Waals surface area (Å²) < 4.78 is 0. The van der Waals surface area contributed by atoms with E-state index in [0.717, 1.165) is 17.9 Å². The summed E-state index contributed by atoms with van der Waals surface area (Å²) in [6.45, 7) is 2.29. The molecule has 1 aromatic rings. The highest BCUT2D eigenvalue weighted by molar-refractivity contribution is 7.07. The smallest absolute Gasteiger partial charge is 0.0302 e. The average molecular weight is 207 g/mol. The minimum atomic E-state index is 0.553. The Morgan fingerprint density at radius 2 is 2.21 bits per heavy atom. The second-order valence-electron chi connectivity index (χ2n) is 4.73. The second kappa shape index (κ2) is 3.35. The molecule has 3 rings (SSSR count). The van der Waals surface area contributed by atoms with Gasteiger partial charge in [-0.2, -0.15) is 11.3 Å². The maximum atomic E-state index is 3.76. The van der Waals surface area contributed by atoms with Crippen molar-refractivity contribution in [2.45, 2.75) is 38.3 Å². The summed E-state index contributed by atoms with van der Waals surface area (Å²) in [6.07, 6.45) is 4.41. The maximum absolute atomic E-state index is 3.76. The van der Waals surface area contributed by atoms with Gasteiger partial charge in [-0.15, -0.1) is 0 Å². The standard InChI is InChI=1S/C12H17NS/c1-8(9-5-6-14-7-9)13-12-10-3-2-4-11(10)12/h5-8,10-13H,2-4H2,1H3. The summed E-state index contributed by atoms with van der Waals surface area (Å²) in [6, 6.07) is 3.64. The molecule has 0 aromatic carbocycles. The molecule has 2 saturated carbocycles. The first kappa shape index (κ1) is 8.93. The normalized spacial score (nSPS) is 36.8. The third-order valence-corrected chi connectivity index (χ3v) is 4.59. The topological polar surface area (TPSA) is 12.0 Å². The molecule has 0 bridgehead atoms. The lowest BCUT2D eigenvalue weighted by molar-refractivity contribution is 0.500. The van der Waals surface area contributed by atoms with Gasteiger partial charge in [0.1, 0.15) is 0 Å². The Labute approximate surface area is 89.5 Å². The van der Waals surface area contributed by atoms with E-state index in [2.05, 4.69) is 29.1 Å². The number of rotatable bonds is 3. The first-order valence-electron chi connectivity index (χ1n) is 5.64. The maximum Gasteiger partial charge on any atom is 0.0302 e. The summed E-state index contributed by atoms with van der Waals surface area (Å²) in [7, 11) is 0. The molecule has 2 fully saturated rings. The molecular formula is C12H17NS. The first-order valence-corrected chi connectivity index (χ1v) is 6.58. The average Bonchev–Trinajstić information content (AvgIpc) is 2.75. The van der Waals surface area contributed by atoms with Gasteiger partial charge in [0.15, 0.2) is 0 Å². The van der Waals surface area contributed by atoms with Crippen molar-refractivity contribution < 1.29 is 0 Å². The van der Waals surface area contributed by atoms with Crippen LogP contribution < -0.4 is 5.32 Å². The lowest BCUT2D eigenvalue weighted by atomic mass is 10.1. The molecule has 76 valence electrons. The summed E-state index contributed by atoms with van der Waals surface area (Å²) in [4.78, 5) is 0. The molecule has 3 unspecified atom stereocenters. The first-order chi connectivity index (χ1) is 6.86. The van der Waals surface area contributed by atoms with Gasteiger partial charge in [0.25, 0.3) is 0 Å². The van der Waals surface area contributed by atoms with Gasteiger partial charge in [0, 0.05) is 12.1 Å². The molecule has 2 aliphatic carbocycles. The molecule has 1 nitrogen and oxygen atoms in total. The fraction of sp³-hybridized carbons (Fsp3) is 0.667. The summed E-state index contributed by atoms with van der Waals surface area (Å²) >= 11 is 1.80. The molecule has 1 heterocycles. The molecular weight excluding hydrogens is 190 g/mol. The highest BCUT2D eigenvalue weighted by Crippen LogP contribution is 2.52. The number of nitrogens with one attached hydrogen (secondary N) is 1. The van der Waals surface area contributed by atoms with Gasteiger partial charge in [-0.25, -0.2) is 0 Å². The number of hydrogen-bond donors (Lipinski definition) is 1. The summed E-state index contributed by atoms with van der Waals surface area (Å²) in [5, 5.41) is 8.19. The van der Waals surface area contributed by atoms with Crippen LogP contribution in [0.1, 0.15) is 37.8 Å². The van der Waals surface area contributed by atoms with Crippen LogP contribution in [0, 0.1) is 11.8 Å². The highest BCUT2D eigenvalue weighted by atomic mass is 32.1. The van der Waals surface area contributed by atoms with Crippen molar-refractivity contribution in [3.8, 4) is 0 Å². The molecule has 3 atom stereocenters. The number of hydrogen-bond acceptors (Lipinski definition) is 2. The third-order valence-electron chi connectivity index (χ3n) is 3.89. The van der Waals surface area contributed by atoms with E-state index in [9.17, 15) is 0 Å². The van der Waals surface area contributed by atoms with Crippen molar-refractivity contribution in [3.05, 3.63) is 22.4 Å². The van der Waals surface area contributed by atoms with Crippen molar-refractivity contribution >= 4 is 11.3 Å². The lowest BCUT2D eigenvalue weighted by Crippen LogP contribution is -2.23. The van der Waals surface area contributed by atoms with Crippen LogP contribution in [0.3, 0.4) is 0 Å². The molecule has 14 heavy (non-hydrogen) atoms. The van der Waals surface area contributed by atoms with Crippen LogP contribution in [-0.4, -0.2) is 6.04 Å². The molecule has 0 radical (unpaired) electrons. The monoisotopic (exact) mass is 207 g/mol. The van der Waals surface area contributed by atoms with Gasteiger partial charge >= 0.3 is 0 Å². The second-order valence-corrected chi connectivity index (χ2v) is 5.51. The molecule has 2 aliphatic rings. The van der Waals surface area contributed by atoms with E-state index in [-0.39, 0.29) is 0 Å². The minimum Gasteiger partial charge on any atom is -0.307 e. The van der Waals surface area contributed by atoms with Crippen LogP contribution in [-0.2, 0) is 0 Å². The SMILES string of the molecule is CC(NC1C2CCCC21)c1ccsc1. The Morgan fingerprint density at radius 3 is 2.86 bits per heavy atom. The quantitative estimate of drug-likeness (QED) is 0.802. The molecule has 0 spiro atoms. The zero-order valence-corrected chi connectivity index (χ0v) is 9.39. The Kier molecular flexibility index (Phi) is 2.14. The predicted octanol–water partition coefficient (Wildman–Crippen LogP) is 3.20. The third kappa shape index (κ3) is 1.41. The van der Waals surface area contributed by atoms with E-state index >= 15 is 0 Å². The van der Waals surface area contributed by atoms with Gasteiger partial charge in [0.05, 0.1) is 0 Å². The fourth-order valence-electron chi connectivity index (χ4n) is 2.98. The van der Waals surface area contributed by atoms with Gasteiger partial charge < -0.3 is 5.32 Å². The van der Waals surface area contributed by atoms with E-state index in [1.807, 2.05) is 0 Å². The van der Waals surface area contributed by atoms with Crippen molar-refractivity contribution in [3.63, 3.8) is 0 Å². The Balaban J connectivity index is 1.59. The van der Waals surface area contributed by atoms with Crippen molar-refractivity contribution in [1.82, 2.24) is 5.32 Å². The van der Waals surface area contributed by atoms with Gasteiger partial charge in [-0.3, -0.25) is 0 Å². The van der Waals surface area contributed by atoms with Crippen LogP contribution >= 0.6 is 11.3 Å². The Hall–Kier alpha value is -0.340. The molecule has 1 aromatic heterocycles. The van der Waals surface area contributed by atoms with Gasteiger partial charge in [-0.05, 0) is 54.0 Å². The van der Waals surface area contributed by atoms with Crippen LogP contribution in [0.2, 0.25) is 0 Å². The fourth-order valence-corrected chi connectivity index (χ4v) is 3.73. The number of thiophene rings is 1.